The van der Waals surface area contributed by atoms with Crippen LogP contribution in [0.2, 0.25) is 0 Å². The maximum Gasteiger partial charge on any atom is 0.253 e. The molecule has 5 rings (SSSR count). The van der Waals surface area contributed by atoms with Gasteiger partial charge in [-0.05, 0) is 80.2 Å². The van der Waals surface area contributed by atoms with Crippen molar-refractivity contribution in [1.82, 2.24) is 30.1 Å². The smallest absolute Gasteiger partial charge is 0.253 e. The molecule has 1 aromatic carbocycles. The summed E-state index contributed by atoms with van der Waals surface area (Å²) in [7, 11) is 0. The van der Waals surface area contributed by atoms with Gasteiger partial charge in [-0.1, -0.05) is 37.8 Å². The Morgan fingerprint density at radius 1 is 1.00 bits per heavy atom. The lowest BCUT2D eigenvalue weighted by Crippen LogP contribution is -2.39. The van der Waals surface area contributed by atoms with Gasteiger partial charge in [0.05, 0.1) is 11.6 Å². The van der Waals surface area contributed by atoms with Crippen molar-refractivity contribution in [2.24, 2.45) is 0 Å². The molecule has 2 aromatic heterocycles. The van der Waals surface area contributed by atoms with E-state index in [2.05, 4.69) is 50.5 Å². The van der Waals surface area contributed by atoms with Crippen molar-refractivity contribution >= 4 is 10.9 Å². The van der Waals surface area contributed by atoms with Crippen LogP contribution in [0.5, 0.6) is 0 Å². The van der Waals surface area contributed by atoms with Gasteiger partial charge in [-0.2, -0.15) is 0 Å². The molecule has 1 saturated heterocycles. The Kier molecular flexibility index (Phi) is 5.61. The summed E-state index contributed by atoms with van der Waals surface area (Å²) in [6, 6.07) is 6.40. The van der Waals surface area contributed by atoms with E-state index in [1.165, 1.54) is 31.2 Å². The molecule has 3 heterocycles. The van der Waals surface area contributed by atoms with Crippen LogP contribution in [0.15, 0.2) is 23.0 Å². The minimum absolute atomic E-state index is 0.0324. The van der Waals surface area contributed by atoms with Crippen molar-refractivity contribution in [3.8, 4) is 0 Å². The van der Waals surface area contributed by atoms with Gasteiger partial charge in [0.15, 0.2) is 5.82 Å². The standard InChI is InChI=1S/C24H32N6O/c1-16-11-12-17(2)21-19(16)15-20(24(31)25-21)22(29-13-7-4-8-14-29)23-26-27-28-30(23)18-9-5-3-6-10-18/h11-12,15,18,22H,3-10,13-14H2,1-2H3,(H,25,31)/t22-/m0/s1. The monoisotopic (exact) mass is 420 g/mol. The highest BCUT2D eigenvalue weighted by molar-refractivity contribution is 5.85. The second-order valence-corrected chi connectivity index (χ2v) is 9.31. The van der Waals surface area contributed by atoms with Crippen molar-refractivity contribution < 1.29 is 0 Å². The molecule has 3 aromatic rings. The van der Waals surface area contributed by atoms with Crippen LogP contribution in [-0.2, 0) is 0 Å². The topological polar surface area (TPSA) is 79.7 Å². The van der Waals surface area contributed by atoms with Crippen LogP contribution in [0.25, 0.3) is 10.9 Å². The first kappa shape index (κ1) is 20.4. The number of nitrogens with one attached hydrogen (secondary N) is 1. The van der Waals surface area contributed by atoms with Crippen LogP contribution in [0.3, 0.4) is 0 Å². The summed E-state index contributed by atoms with van der Waals surface area (Å²) in [5, 5.41) is 14.1. The average Bonchev–Trinajstić information content (AvgIpc) is 3.28. The van der Waals surface area contributed by atoms with Gasteiger partial charge < -0.3 is 4.98 Å². The zero-order chi connectivity index (χ0) is 21.4. The summed E-state index contributed by atoms with van der Waals surface area (Å²) in [4.78, 5) is 19.0. The van der Waals surface area contributed by atoms with Crippen molar-refractivity contribution in [3.05, 3.63) is 51.1 Å². The number of nitrogens with zero attached hydrogens (tertiary/aromatic N) is 5. The largest absolute Gasteiger partial charge is 0.321 e. The van der Waals surface area contributed by atoms with Gasteiger partial charge in [-0.25, -0.2) is 4.68 Å². The zero-order valence-electron chi connectivity index (χ0n) is 18.6. The maximum absolute atomic E-state index is 13.4. The second kappa shape index (κ2) is 8.54. The van der Waals surface area contributed by atoms with Crippen LogP contribution in [0.1, 0.15) is 86.0 Å². The lowest BCUT2D eigenvalue weighted by molar-refractivity contribution is 0.171. The van der Waals surface area contributed by atoms with Crippen LogP contribution in [-0.4, -0.2) is 43.2 Å². The number of fused-ring (bicyclic) bond motifs is 1. The molecule has 1 aliphatic heterocycles. The molecule has 7 nitrogen and oxygen atoms in total. The highest BCUT2D eigenvalue weighted by Crippen LogP contribution is 2.34. The molecule has 0 spiro atoms. The van der Waals surface area contributed by atoms with Crippen molar-refractivity contribution in [3.63, 3.8) is 0 Å². The third-order valence-electron chi connectivity index (χ3n) is 7.21. The molecule has 1 N–H and O–H groups in total. The minimum atomic E-state index is -0.217. The number of pyridine rings is 1. The van der Waals surface area contributed by atoms with Crippen LogP contribution < -0.4 is 5.56 Å². The number of hydrogen-bond donors (Lipinski definition) is 1. The van der Waals surface area contributed by atoms with Gasteiger partial charge in [-0.15, -0.1) is 5.10 Å². The number of benzene rings is 1. The summed E-state index contributed by atoms with van der Waals surface area (Å²) in [5.41, 5.74) is 3.91. The molecule has 31 heavy (non-hydrogen) atoms. The first-order chi connectivity index (χ1) is 15.1. The van der Waals surface area contributed by atoms with Crippen molar-refractivity contribution in [2.75, 3.05) is 13.1 Å². The summed E-state index contributed by atoms with van der Waals surface area (Å²) in [6.07, 6.45) is 9.46. The van der Waals surface area contributed by atoms with Crippen LogP contribution >= 0.6 is 0 Å². The molecule has 2 aliphatic rings. The number of hydrogen-bond acceptors (Lipinski definition) is 5. The van der Waals surface area contributed by atoms with Gasteiger partial charge in [0, 0.05) is 10.9 Å². The van der Waals surface area contributed by atoms with Gasteiger partial charge >= 0.3 is 0 Å². The van der Waals surface area contributed by atoms with Gasteiger partial charge in [0.25, 0.3) is 5.56 Å². The van der Waals surface area contributed by atoms with Crippen LogP contribution in [0, 0.1) is 13.8 Å². The molecule has 1 aliphatic carbocycles. The molecule has 164 valence electrons. The Hall–Kier alpha value is -2.54. The van der Waals surface area contributed by atoms with E-state index in [1.807, 2.05) is 11.6 Å². The molecule has 7 heteroatoms. The maximum atomic E-state index is 13.4. The summed E-state index contributed by atoms with van der Waals surface area (Å²) >= 11 is 0. The molecule has 0 amide bonds. The molecule has 1 saturated carbocycles. The summed E-state index contributed by atoms with van der Waals surface area (Å²) in [5.74, 6) is 0.823. The zero-order valence-corrected chi connectivity index (χ0v) is 18.6. The predicted octanol–water partition coefficient (Wildman–Crippen LogP) is 4.21. The lowest BCUT2D eigenvalue weighted by Gasteiger charge is -2.34. The number of rotatable bonds is 4. The summed E-state index contributed by atoms with van der Waals surface area (Å²) in [6.45, 7) is 6.08. The predicted molar refractivity (Wildman–Crippen MR) is 121 cm³/mol. The van der Waals surface area contributed by atoms with E-state index in [-0.39, 0.29) is 11.6 Å². The third-order valence-corrected chi connectivity index (χ3v) is 7.21. The van der Waals surface area contributed by atoms with E-state index in [1.54, 1.807) is 0 Å². The van der Waals surface area contributed by atoms with Crippen LogP contribution in [0.4, 0.5) is 0 Å². The number of aryl methyl sites for hydroxylation is 2. The number of tetrazole rings is 1. The highest BCUT2D eigenvalue weighted by Gasteiger charge is 2.33. The van der Waals surface area contributed by atoms with Gasteiger partial charge in [0.1, 0.15) is 6.04 Å². The van der Waals surface area contributed by atoms with E-state index in [0.717, 1.165) is 66.6 Å². The molecular formula is C24H32N6O. The number of aromatic nitrogens is 5. The number of H-pyrrole nitrogens is 1. The molecule has 0 bridgehead atoms. The Bertz CT molecular complexity index is 1120. The Balaban J connectivity index is 1.66. The molecule has 0 radical (unpaired) electrons. The Labute approximate surface area is 182 Å². The fourth-order valence-corrected chi connectivity index (χ4v) is 5.44. The molecular weight excluding hydrogens is 388 g/mol. The Morgan fingerprint density at radius 2 is 1.71 bits per heavy atom. The van der Waals surface area contributed by atoms with Gasteiger partial charge in [0.2, 0.25) is 0 Å². The van der Waals surface area contributed by atoms with Crippen molar-refractivity contribution in [2.45, 2.75) is 77.3 Å². The Morgan fingerprint density at radius 3 is 2.48 bits per heavy atom. The quantitative estimate of drug-likeness (QED) is 0.684. The second-order valence-electron chi connectivity index (χ2n) is 9.31. The third kappa shape index (κ3) is 3.80. The fraction of sp³-hybridized carbons (Fsp3) is 0.583. The first-order valence-electron chi connectivity index (χ1n) is 11.8. The average molecular weight is 421 g/mol. The molecule has 1 atom stereocenters. The SMILES string of the molecule is Cc1ccc(C)c2[nH]c(=O)c([C@@H](c3nnnn3C3CCCCC3)N3CCCCC3)cc12. The van der Waals surface area contributed by atoms with Gasteiger partial charge in [-0.3, -0.25) is 9.69 Å². The number of aromatic amines is 1. The first-order valence-corrected chi connectivity index (χ1v) is 11.8. The molecule has 2 fully saturated rings. The summed E-state index contributed by atoms with van der Waals surface area (Å²) < 4.78 is 2.03. The number of likely N-dealkylation sites (tertiary alicyclic amines) is 1. The van der Waals surface area contributed by atoms with E-state index in [4.69, 9.17) is 0 Å². The van der Waals surface area contributed by atoms with E-state index < -0.39 is 0 Å². The number of piperidine rings is 1. The van der Waals surface area contributed by atoms with E-state index in [9.17, 15) is 4.79 Å². The normalized spacial score (nSPS) is 19.7. The highest BCUT2D eigenvalue weighted by atomic mass is 16.1. The lowest BCUT2D eigenvalue weighted by atomic mass is 9.94. The van der Waals surface area contributed by atoms with Crippen molar-refractivity contribution in [1.29, 1.82) is 0 Å². The van der Waals surface area contributed by atoms with E-state index >= 15 is 0 Å². The minimum Gasteiger partial charge on any atom is -0.321 e. The van der Waals surface area contributed by atoms with E-state index in [0.29, 0.717) is 6.04 Å². The molecule has 0 unspecified atom stereocenters. The fourth-order valence-electron chi connectivity index (χ4n) is 5.44.